The van der Waals surface area contributed by atoms with Crippen molar-refractivity contribution >= 4 is 22.0 Å². The Morgan fingerprint density at radius 1 is 1.71 bits per heavy atom. The van der Waals surface area contributed by atoms with Crippen molar-refractivity contribution in [2.45, 2.75) is 6.42 Å². The average Bonchev–Trinajstić information content (AvgIpc) is 2.19. The highest BCUT2D eigenvalue weighted by atomic mass is 79.9. The minimum Gasteiger partial charge on any atom is -0.481 e. The van der Waals surface area contributed by atoms with Crippen molar-refractivity contribution < 1.29 is 9.53 Å². The summed E-state index contributed by atoms with van der Waals surface area (Å²) in [6.45, 7) is 0.401. The molecule has 1 rings (SSSR count). The highest BCUT2D eigenvalue weighted by molar-refractivity contribution is 9.10. The lowest BCUT2D eigenvalue weighted by atomic mass is 10.2. The van der Waals surface area contributed by atoms with Crippen LogP contribution in [0, 0.1) is 0 Å². The lowest BCUT2D eigenvalue weighted by molar-refractivity contribution is 0.392. The largest absolute Gasteiger partial charge is 0.481 e. The Bertz CT molecular complexity index is 362. The molecule has 0 saturated carbocycles. The summed E-state index contributed by atoms with van der Waals surface area (Å²) in [7, 11) is 1.56. The molecule has 74 valence electrons. The monoisotopic (exact) mass is 256 g/mol. The van der Waals surface area contributed by atoms with Crippen LogP contribution in [0.3, 0.4) is 0 Å². The number of hydrogen-bond acceptors (Lipinski definition) is 4. The normalized spacial score (nSPS) is 9.29. The topological polar surface area (TPSA) is 51.6 Å². The molecular formula is C9H9BrN2O2. The first-order chi connectivity index (χ1) is 6.77. The quantitative estimate of drug-likeness (QED) is 0.609. The van der Waals surface area contributed by atoms with Gasteiger partial charge in [0.1, 0.15) is 0 Å². The maximum Gasteiger partial charge on any atom is 0.234 e. The van der Waals surface area contributed by atoms with Crippen LogP contribution in [0.4, 0.5) is 0 Å². The van der Waals surface area contributed by atoms with Gasteiger partial charge in [-0.3, -0.25) is 0 Å². The molecular weight excluding hydrogens is 248 g/mol. The van der Waals surface area contributed by atoms with E-state index in [0.29, 0.717) is 18.8 Å². The van der Waals surface area contributed by atoms with E-state index < -0.39 is 0 Å². The van der Waals surface area contributed by atoms with Gasteiger partial charge < -0.3 is 4.74 Å². The third kappa shape index (κ3) is 2.94. The summed E-state index contributed by atoms with van der Waals surface area (Å²) in [6.07, 6.45) is 3.77. The molecule has 0 unspecified atom stereocenters. The van der Waals surface area contributed by atoms with Gasteiger partial charge >= 0.3 is 0 Å². The van der Waals surface area contributed by atoms with Gasteiger partial charge in [-0.1, -0.05) is 0 Å². The fourth-order valence-corrected chi connectivity index (χ4v) is 1.43. The fraction of sp³-hybridized carbons (Fsp3) is 0.333. The molecule has 0 aromatic carbocycles. The molecule has 0 spiro atoms. The number of hydrogen-bond donors (Lipinski definition) is 0. The van der Waals surface area contributed by atoms with Crippen LogP contribution in [0.2, 0.25) is 0 Å². The summed E-state index contributed by atoms with van der Waals surface area (Å²) in [5.74, 6) is 0.564. The first-order valence-corrected chi connectivity index (χ1v) is 4.79. The zero-order chi connectivity index (χ0) is 10.4. The standard InChI is InChI=1S/C9H9BrN2O2/c1-14-9-7(2-3-11-6-13)4-8(10)5-12-9/h4-5H,2-3H2,1H3. The second kappa shape index (κ2) is 5.52. The van der Waals surface area contributed by atoms with Crippen LogP contribution in [-0.2, 0) is 11.2 Å². The van der Waals surface area contributed by atoms with Crippen LogP contribution in [0.5, 0.6) is 5.88 Å². The predicted octanol–water partition coefficient (Wildman–Crippen LogP) is 1.73. The molecule has 0 atom stereocenters. The molecule has 0 aliphatic heterocycles. The molecule has 4 nitrogen and oxygen atoms in total. The molecule has 0 amide bonds. The summed E-state index contributed by atoms with van der Waals surface area (Å²) >= 11 is 3.31. The van der Waals surface area contributed by atoms with E-state index in [1.165, 1.54) is 6.08 Å². The average molecular weight is 257 g/mol. The summed E-state index contributed by atoms with van der Waals surface area (Å²) in [5.41, 5.74) is 0.917. The number of carbonyl (C=O) groups excluding carboxylic acids is 1. The van der Waals surface area contributed by atoms with Crippen molar-refractivity contribution in [3.8, 4) is 5.88 Å². The van der Waals surface area contributed by atoms with E-state index in [0.717, 1.165) is 10.0 Å². The number of halogens is 1. The molecule has 0 saturated heterocycles. The SMILES string of the molecule is COc1ncc(Br)cc1CCN=C=O. The van der Waals surface area contributed by atoms with Gasteiger partial charge in [-0.2, -0.15) is 0 Å². The van der Waals surface area contributed by atoms with Crippen molar-refractivity contribution in [3.05, 3.63) is 22.3 Å². The maximum atomic E-state index is 9.87. The van der Waals surface area contributed by atoms with E-state index in [1.54, 1.807) is 13.3 Å². The summed E-state index contributed by atoms with van der Waals surface area (Å²) < 4.78 is 5.94. The Morgan fingerprint density at radius 3 is 3.14 bits per heavy atom. The number of aliphatic imine (C=N–C) groups is 1. The molecule has 0 radical (unpaired) electrons. The van der Waals surface area contributed by atoms with Crippen molar-refractivity contribution in [1.82, 2.24) is 4.98 Å². The molecule has 0 N–H and O–H groups in total. The Hall–Kier alpha value is -1.19. The number of pyridine rings is 1. The van der Waals surface area contributed by atoms with Gasteiger partial charge in [-0.05, 0) is 28.4 Å². The van der Waals surface area contributed by atoms with E-state index in [2.05, 4.69) is 25.9 Å². The summed E-state index contributed by atoms with van der Waals surface area (Å²) in [6, 6.07) is 1.89. The van der Waals surface area contributed by atoms with Gasteiger partial charge in [0.05, 0.1) is 13.7 Å². The molecule has 0 aliphatic carbocycles. The van der Waals surface area contributed by atoms with E-state index in [1.807, 2.05) is 6.07 Å². The Kier molecular flexibility index (Phi) is 4.29. The molecule has 5 heteroatoms. The van der Waals surface area contributed by atoms with Crippen LogP contribution in [0.25, 0.3) is 0 Å². The maximum absolute atomic E-state index is 9.87. The Morgan fingerprint density at radius 2 is 2.50 bits per heavy atom. The van der Waals surface area contributed by atoms with Crippen LogP contribution in [0.1, 0.15) is 5.56 Å². The fourth-order valence-electron chi connectivity index (χ4n) is 1.05. The molecule has 1 aromatic rings. The number of nitrogens with zero attached hydrogens (tertiary/aromatic N) is 2. The van der Waals surface area contributed by atoms with E-state index >= 15 is 0 Å². The first-order valence-electron chi connectivity index (χ1n) is 4.00. The second-order valence-electron chi connectivity index (χ2n) is 2.54. The molecule has 0 bridgehead atoms. The van der Waals surface area contributed by atoms with Crippen LogP contribution < -0.4 is 4.74 Å². The zero-order valence-corrected chi connectivity index (χ0v) is 9.24. The van der Waals surface area contributed by atoms with Gasteiger partial charge in [0.2, 0.25) is 12.0 Å². The first kappa shape index (κ1) is 10.9. The summed E-state index contributed by atoms with van der Waals surface area (Å²) in [4.78, 5) is 17.4. The molecule has 0 aliphatic rings. The number of isocyanates is 1. The third-order valence-electron chi connectivity index (χ3n) is 1.64. The highest BCUT2D eigenvalue weighted by Gasteiger charge is 2.04. The smallest absolute Gasteiger partial charge is 0.234 e. The van der Waals surface area contributed by atoms with E-state index in [-0.39, 0.29) is 0 Å². The lowest BCUT2D eigenvalue weighted by Crippen LogP contribution is -1.97. The van der Waals surface area contributed by atoms with Gasteiger partial charge in [0.15, 0.2) is 0 Å². The minimum absolute atomic E-state index is 0.401. The van der Waals surface area contributed by atoms with E-state index in [4.69, 9.17) is 4.74 Å². The number of aromatic nitrogens is 1. The molecule has 1 aromatic heterocycles. The summed E-state index contributed by atoms with van der Waals surface area (Å²) in [5, 5.41) is 0. The Balaban J connectivity index is 2.81. The zero-order valence-electron chi connectivity index (χ0n) is 7.66. The number of methoxy groups -OCH3 is 1. The third-order valence-corrected chi connectivity index (χ3v) is 2.08. The van der Waals surface area contributed by atoms with Gasteiger partial charge in [0.25, 0.3) is 0 Å². The van der Waals surface area contributed by atoms with Crippen LogP contribution >= 0.6 is 15.9 Å². The lowest BCUT2D eigenvalue weighted by Gasteiger charge is -2.05. The van der Waals surface area contributed by atoms with Crippen molar-refractivity contribution in [3.63, 3.8) is 0 Å². The van der Waals surface area contributed by atoms with Crippen LogP contribution in [-0.4, -0.2) is 24.7 Å². The molecule has 1 heterocycles. The highest BCUT2D eigenvalue weighted by Crippen LogP contribution is 2.19. The number of ether oxygens (including phenoxy) is 1. The second-order valence-corrected chi connectivity index (χ2v) is 3.46. The molecule has 14 heavy (non-hydrogen) atoms. The number of rotatable bonds is 4. The van der Waals surface area contributed by atoms with Gasteiger partial charge in [-0.25, -0.2) is 14.8 Å². The van der Waals surface area contributed by atoms with E-state index in [9.17, 15) is 4.79 Å². The minimum atomic E-state index is 0.401. The van der Waals surface area contributed by atoms with Crippen molar-refractivity contribution in [2.24, 2.45) is 4.99 Å². The Labute approximate surface area is 90.1 Å². The van der Waals surface area contributed by atoms with Crippen molar-refractivity contribution in [2.75, 3.05) is 13.7 Å². The van der Waals surface area contributed by atoms with Gasteiger partial charge in [0, 0.05) is 16.2 Å². The molecule has 0 fully saturated rings. The van der Waals surface area contributed by atoms with Gasteiger partial charge in [-0.15, -0.1) is 0 Å². The van der Waals surface area contributed by atoms with Crippen LogP contribution in [0.15, 0.2) is 21.7 Å². The van der Waals surface area contributed by atoms with Crippen molar-refractivity contribution in [1.29, 1.82) is 0 Å². The predicted molar refractivity (Wildman–Crippen MR) is 55.2 cm³/mol.